The maximum Gasteiger partial charge on any atom is 0.371 e. The van der Waals surface area contributed by atoms with Gasteiger partial charge in [-0.15, -0.1) is 0 Å². The molecule has 9 heteroatoms. The summed E-state index contributed by atoms with van der Waals surface area (Å²) in [4.78, 5) is 21.2. The van der Waals surface area contributed by atoms with Crippen molar-refractivity contribution in [3.05, 3.63) is 35.8 Å². The second-order valence-corrected chi connectivity index (χ2v) is 5.16. The van der Waals surface area contributed by atoms with Crippen LogP contribution < -0.4 is 0 Å². The molecule has 0 saturated carbocycles. The number of hydrogen-bond donors (Lipinski definition) is 2. The van der Waals surface area contributed by atoms with Gasteiger partial charge in [0, 0.05) is 0 Å². The first-order chi connectivity index (χ1) is 8.82. The van der Waals surface area contributed by atoms with Crippen LogP contribution in [0, 0.1) is 0 Å². The maximum atomic E-state index is 11.9. The summed E-state index contributed by atoms with van der Waals surface area (Å²) in [6, 6.07) is 3.83. The summed E-state index contributed by atoms with van der Waals surface area (Å²) in [7, 11) is -4.22. The summed E-state index contributed by atoms with van der Waals surface area (Å²) in [5.41, 5.74) is 0. The highest BCUT2D eigenvalue weighted by molar-refractivity contribution is 7.91. The van der Waals surface area contributed by atoms with Crippen molar-refractivity contribution < 1.29 is 37.1 Å². The minimum absolute atomic E-state index is 0.552. The molecular formula is C10H6O8S. The van der Waals surface area contributed by atoms with Gasteiger partial charge in [-0.1, -0.05) is 0 Å². The first-order valence-corrected chi connectivity index (χ1v) is 6.22. The molecule has 0 radical (unpaired) electrons. The van der Waals surface area contributed by atoms with Gasteiger partial charge in [0.05, 0.1) is 0 Å². The Kier molecular flexibility index (Phi) is 2.91. The van der Waals surface area contributed by atoms with E-state index in [1.54, 1.807) is 0 Å². The van der Waals surface area contributed by atoms with Gasteiger partial charge in [0.15, 0.2) is 0 Å². The van der Waals surface area contributed by atoms with Crippen LogP contribution in [-0.4, -0.2) is 30.6 Å². The van der Waals surface area contributed by atoms with Gasteiger partial charge in [-0.2, -0.15) is 0 Å². The zero-order chi connectivity index (χ0) is 14.2. The summed E-state index contributed by atoms with van der Waals surface area (Å²) >= 11 is 0. The van der Waals surface area contributed by atoms with Crippen LogP contribution in [0.25, 0.3) is 0 Å². The lowest BCUT2D eigenvalue weighted by molar-refractivity contribution is 0.0648. The van der Waals surface area contributed by atoms with E-state index in [1.807, 2.05) is 0 Å². The van der Waals surface area contributed by atoms with Gasteiger partial charge in [-0.3, -0.25) is 0 Å². The van der Waals surface area contributed by atoms with Gasteiger partial charge in [0.1, 0.15) is 0 Å². The molecule has 19 heavy (non-hydrogen) atoms. The maximum absolute atomic E-state index is 11.9. The number of rotatable bonds is 4. The summed E-state index contributed by atoms with van der Waals surface area (Å²) in [5.74, 6) is -3.95. The SMILES string of the molecule is O=C(O)c1ccc(S(=O)(=O)c2ccc(C(=O)O)o2)o1. The standard InChI is InChI=1S/C10H6O8S/c11-9(12)5-1-3-7(17-5)19(15,16)8-4-2-6(18-8)10(13)14/h1-4H,(H,11,12)(H,13,14). The van der Waals surface area contributed by atoms with E-state index in [0.717, 1.165) is 24.3 Å². The van der Waals surface area contributed by atoms with Crippen molar-refractivity contribution in [3.63, 3.8) is 0 Å². The first-order valence-electron chi connectivity index (χ1n) is 4.73. The van der Waals surface area contributed by atoms with Crippen LogP contribution in [0.4, 0.5) is 0 Å². The lowest BCUT2D eigenvalue weighted by Crippen LogP contribution is -2.00. The molecule has 2 N–H and O–H groups in total. The fourth-order valence-electron chi connectivity index (χ4n) is 1.26. The highest BCUT2D eigenvalue weighted by atomic mass is 32.2. The van der Waals surface area contributed by atoms with Gasteiger partial charge < -0.3 is 19.0 Å². The number of carboxylic acids is 2. The molecule has 0 bridgehead atoms. The largest absolute Gasteiger partial charge is 0.475 e. The second kappa shape index (κ2) is 4.28. The molecule has 0 aliphatic rings. The summed E-state index contributed by atoms with van der Waals surface area (Å²) < 4.78 is 33.1. The van der Waals surface area contributed by atoms with Gasteiger partial charge in [-0.05, 0) is 24.3 Å². The van der Waals surface area contributed by atoms with Crippen molar-refractivity contribution in [2.75, 3.05) is 0 Å². The number of sulfone groups is 1. The molecule has 0 saturated heterocycles. The Hall–Kier alpha value is -2.55. The highest BCUT2D eigenvalue weighted by Gasteiger charge is 2.27. The Bertz CT molecular complexity index is 690. The van der Waals surface area contributed by atoms with Gasteiger partial charge in [-0.25, -0.2) is 18.0 Å². The molecule has 8 nitrogen and oxygen atoms in total. The Morgan fingerprint density at radius 2 is 1.21 bits per heavy atom. The lowest BCUT2D eigenvalue weighted by Gasteiger charge is -1.95. The quantitative estimate of drug-likeness (QED) is 0.852. The van der Waals surface area contributed by atoms with E-state index in [0.29, 0.717) is 0 Å². The fourth-order valence-corrected chi connectivity index (χ4v) is 2.35. The van der Waals surface area contributed by atoms with E-state index in [-0.39, 0.29) is 0 Å². The van der Waals surface area contributed by atoms with Crippen molar-refractivity contribution in [2.24, 2.45) is 0 Å². The Balaban J connectivity index is 2.45. The number of aromatic carboxylic acids is 2. The van der Waals surface area contributed by atoms with Crippen LogP contribution >= 0.6 is 0 Å². The number of hydrogen-bond acceptors (Lipinski definition) is 6. The zero-order valence-corrected chi connectivity index (χ0v) is 9.88. The molecule has 0 spiro atoms. The molecule has 0 amide bonds. The summed E-state index contributed by atoms with van der Waals surface area (Å²) in [6.45, 7) is 0. The van der Waals surface area contributed by atoms with E-state index in [2.05, 4.69) is 8.83 Å². The van der Waals surface area contributed by atoms with Crippen LogP contribution in [0.2, 0.25) is 0 Å². The van der Waals surface area contributed by atoms with Crippen LogP contribution in [-0.2, 0) is 9.84 Å². The van der Waals surface area contributed by atoms with Crippen molar-refractivity contribution in [3.8, 4) is 0 Å². The van der Waals surface area contributed by atoms with Crippen LogP contribution in [0.1, 0.15) is 21.1 Å². The third kappa shape index (κ3) is 2.22. The van der Waals surface area contributed by atoms with Gasteiger partial charge >= 0.3 is 11.9 Å². The number of carboxylic acid groups (broad SMARTS) is 2. The number of carbonyl (C=O) groups is 2. The second-order valence-electron chi connectivity index (χ2n) is 3.35. The zero-order valence-electron chi connectivity index (χ0n) is 9.06. The normalized spacial score (nSPS) is 11.4. The third-order valence-electron chi connectivity index (χ3n) is 2.11. The molecule has 0 aliphatic carbocycles. The van der Waals surface area contributed by atoms with E-state index >= 15 is 0 Å². The van der Waals surface area contributed by atoms with E-state index in [1.165, 1.54) is 0 Å². The lowest BCUT2D eigenvalue weighted by atomic mass is 10.5. The topological polar surface area (TPSA) is 135 Å². The fraction of sp³-hybridized carbons (Fsp3) is 0. The smallest absolute Gasteiger partial charge is 0.371 e. The van der Waals surface area contributed by atoms with Crippen LogP contribution in [0.5, 0.6) is 0 Å². The van der Waals surface area contributed by atoms with E-state index < -0.39 is 43.5 Å². The minimum atomic E-state index is -4.22. The van der Waals surface area contributed by atoms with Crippen molar-refractivity contribution >= 4 is 21.8 Å². The molecule has 2 aromatic heterocycles. The summed E-state index contributed by atoms with van der Waals surface area (Å²) in [6.07, 6.45) is 0. The van der Waals surface area contributed by atoms with Crippen LogP contribution in [0.3, 0.4) is 0 Å². The van der Waals surface area contributed by atoms with E-state index in [4.69, 9.17) is 10.2 Å². The Morgan fingerprint density at radius 3 is 1.47 bits per heavy atom. The molecule has 100 valence electrons. The van der Waals surface area contributed by atoms with Gasteiger partial charge in [0.25, 0.3) is 9.84 Å². The molecule has 0 aromatic carbocycles. The Labute approximate surface area is 105 Å². The molecule has 2 rings (SSSR count). The predicted molar refractivity (Wildman–Crippen MR) is 56.8 cm³/mol. The first kappa shape index (κ1) is 12.9. The molecule has 0 unspecified atom stereocenters. The molecular weight excluding hydrogens is 280 g/mol. The van der Waals surface area contributed by atoms with Crippen molar-refractivity contribution in [1.82, 2.24) is 0 Å². The Morgan fingerprint density at radius 1 is 0.842 bits per heavy atom. The van der Waals surface area contributed by atoms with Gasteiger partial charge in [0.2, 0.25) is 21.7 Å². The van der Waals surface area contributed by atoms with E-state index in [9.17, 15) is 18.0 Å². The average molecular weight is 286 g/mol. The third-order valence-corrected chi connectivity index (χ3v) is 3.61. The molecule has 2 heterocycles. The van der Waals surface area contributed by atoms with Crippen molar-refractivity contribution in [2.45, 2.75) is 10.2 Å². The van der Waals surface area contributed by atoms with Crippen molar-refractivity contribution in [1.29, 1.82) is 0 Å². The molecule has 2 aromatic rings. The highest BCUT2D eigenvalue weighted by Crippen LogP contribution is 2.24. The monoisotopic (exact) mass is 286 g/mol. The summed E-state index contributed by atoms with van der Waals surface area (Å²) in [5, 5.41) is 16.0. The molecule has 0 atom stereocenters. The average Bonchev–Trinajstić information content (AvgIpc) is 2.99. The van der Waals surface area contributed by atoms with Crippen LogP contribution in [0.15, 0.2) is 43.3 Å². The number of furan rings is 2. The minimum Gasteiger partial charge on any atom is -0.475 e. The molecule has 0 aliphatic heterocycles. The predicted octanol–water partition coefficient (Wildman–Crippen LogP) is 1.10. The molecule has 0 fully saturated rings.